The number of hydrogen-bond acceptors (Lipinski definition) is 3. The number of halogens is 1. The van der Waals surface area contributed by atoms with Crippen LogP contribution in [0.5, 0.6) is 5.75 Å². The monoisotopic (exact) mass is 273 g/mol. The molecule has 0 saturated carbocycles. The van der Waals surface area contributed by atoms with Gasteiger partial charge in [-0.25, -0.2) is 4.39 Å². The summed E-state index contributed by atoms with van der Waals surface area (Å²) >= 11 is 0. The molecule has 0 bridgehead atoms. The van der Waals surface area contributed by atoms with E-state index in [1.807, 2.05) is 13.8 Å². The Hall–Kier alpha value is -0.940. The second-order valence-corrected chi connectivity index (χ2v) is 5.87. The summed E-state index contributed by atoms with van der Waals surface area (Å²) in [6, 6.07) is 4.89. The van der Waals surface area contributed by atoms with E-state index in [-0.39, 0.29) is 17.6 Å². The van der Waals surface area contributed by atoms with Crippen molar-refractivity contribution in [1.82, 2.24) is 5.32 Å². The highest BCUT2D eigenvalue weighted by Crippen LogP contribution is 2.22. The Kier molecular flexibility index (Phi) is 6.29. The highest BCUT2D eigenvalue weighted by atomic mass is 32.2. The standard InChI is InChI=1S/C13H20FNO2S/c1-4-18(16)8-7-15-10(2)11-5-6-12(14)13(9-11)17-3/h5-6,9-10,15H,4,7-8H2,1-3H3. The number of ether oxygens (including phenoxy) is 1. The lowest BCUT2D eigenvalue weighted by atomic mass is 10.1. The zero-order valence-corrected chi connectivity index (χ0v) is 11.8. The van der Waals surface area contributed by atoms with Crippen molar-refractivity contribution in [2.75, 3.05) is 25.2 Å². The minimum absolute atomic E-state index is 0.0772. The molecule has 0 saturated heterocycles. The maximum Gasteiger partial charge on any atom is 0.165 e. The van der Waals surface area contributed by atoms with Crippen LogP contribution in [0.3, 0.4) is 0 Å². The van der Waals surface area contributed by atoms with E-state index in [2.05, 4.69) is 5.32 Å². The first-order valence-corrected chi connectivity index (χ1v) is 7.49. The molecule has 0 amide bonds. The summed E-state index contributed by atoms with van der Waals surface area (Å²) in [5.74, 6) is 1.21. The van der Waals surface area contributed by atoms with Gasteiger partial charge in [-0.3, -0.25) is 4.21 Å². The van der Waals surface area contributed by atoms with Crippen molar-refractivity contribution < 1.29 is 13.3 Å². The van der Waals surface area contributed by atoms with Crippen molar-refractivity contribution in [2.24, 2.45) is 0 Å². The van der Waals surface area contributed by atoms with E-state index in [4.69, 9.17) is 4.74 Å². The lowest BCUT2D eigenvalue weighted by Gasteiger charge is -2.15. The van der Waals surface area contributed by atoms with Gasteiger partial charge < -0.3 is 10.1 Å². The third-order valence-corrected chi connectivity index (χ3v) is 4.08. The van der Waals surface area contributed by atoms with Gasteiger partial charge >= 0.3 is 0 Å². The van der Waals surface area contributed by atoms with Crippen LogP contribution in [0.1, 0.15) is 25.5 Å². The summed E-state index contributed by atoms with van der Waals surface area (Å²) in [6.45, 7) is 4.58. The van der Waals surface area contributed by atoms with Crippen LogP contribution in [-0.4, -0.2) is 29.4 Å². The van der Waals surface area contributed by atoms with Crippen molar-refractivity contribution in [3.63, 3.8) is 0 Å². The highest BCUT2D eigenvalue weighted by Gasteiger charge is 2.09. The average molecular weight is 273 g/mol. The number of methoxy groups -OCH3 is 1. The first-order chi connectivity index (χ1) is 8.58. The van der Waals surface area contributed by atoms with E-state index >= 15 is 0 Å². The van der Waals surface area contributed by atoms with Crippen molar-refractivity contribution in [3.05, 3.63) is 29.6 Å². The molecule has 2 atom stereocenters. The summed E-state index contributed by atoms with van der Waals surface area (Å²) in [4.78, 5) is 0. The van der Waals surface area contributed by atoms with E-state index in [0.29, 0.717) is 18.1 Å². The molecular weight excluding hydrogens is 253 g/mol. The molecule has 18 heavy (non-hydrogen) atoms. The van der Waals surface area contributed by atoms with Crippen LogP contribution < -0.4 is 10.1 Å². The van der Waals surface area contributed by atoms with Crippen molar-refractivity contribution >= 4 is 10.8 Å². The second kappa shape index (κ2) is 7.48. The Bertz CT molecular complexity index is 412. The van der Waals surface area contributed by atoms with Gasteiger partial charge in [-0.1, -0.05) is 13.0 Å². The summed E-state index contributed by atoms with van der Waals surface area (Å²) in [5, 5.41) is 3.26. The van der Waals surface area contributed by atoms with Gasteiger partial charge in [-0.2, -0.15) is 0 Å². The van der Waals surface area contributed by atoms with Crippen LogP contribution in [0.2, 0.25) is 0 Å². The average Bonchev–Trinajstić information content (AvgIpc) is 2.38. The molecule has 1 aromatic rings. The van der Waals surface area contributed by atoms with Crippen LogP contribution >= 0.6 is 0 Å². The molecule has 1 aromatic carbocycles. The summed E-state index contributed by atoms with van der Waals surface area (Å²) in [7, 11) is 0.692. The van der Waals surface area contributed by atoms with E-state index < -0.39 is 10.8 Å². The quantitative estimate of drug-likeness (QED) is 0.828. The second-order valence-electron chi connectivity index (χ2n) is 4.00. The summed E-state index contributed by atoms with van der Waals surface area (Å²) in [6.07, 6.45) is 0. The minimum atomic E-state index is -0.757. The first kappa shape index (κ1) is 15.1. The lowest BCUT2D eigenvalue weighted by molar-refractivity contribution is 0.385. The van der Waals surface area contributed by atoms with Gasteiger partial charge in [0.15, 0.2) is 11.6 Å². The summed E-state index contributed by atoms with van der Waals surface area (Å²) < 4.78 is 29.5. The maximum absolute atomic E-state index is 13.3. The zero-order valence-electron chi connectivity index (χ0n) is 11.0. The number of rotatable bonds is 7. The fourth-order valence-corrected chi connectivity index (χ4v) is 2.23. The lowest BCUT2D eigenvalue weighted by Crippen LogP contribution is -2.24. The maximum atomic E-state index is 13.3. The predicted molar refractivity (Wildman–Crippen MR) is 72.9 cm³/mol. The minimum Gasteiger partial charge on any atom is -0.494 e. The Morgan fingerprint density at radius 1 is 1.50 bits per heavy atom. The van der Waals surface area contributed by atoms with Gasteiger partial charge in [0.2, 0.25) is 0 Å². The molecule has 0 aliphatic carbocycles. The van der Waals surface area contributed by atoms with Crippen LogP contribution in [-0.2, 0) is 10.8 Å². The van der Waals surface area contributed by atoms with Gasteiger partial charge in [0.05, 0.1) is 7.11 Å². The number of hydrogen-bond donors (Lipinski definition) is 1. The number of benzene rings is 1. The summed E-state index contributed by atoms with van der Waals surface area (Å²) in [5.41, 5.74) is 0.954. The fourth-order valence-electron chi connectivity index (χ4n) is 1.60. The van der Waals surface area contributed by atoms with Gasteiger partial charge in [-0.05, 0) is 24.6 Å². The Labute approximate surface area is 110 Å². The van der Waals surface area contributed by atoms with Crippen LogP contribution in [0.15, 0.2) is 18.2 Å². The highest BCUT2D eigenvalue weighted by molar-refractivity contribution is 7.84. The van der Waals surface area contributed by atoms with E-state index in [0.717, 1.165) is 5.56 Å². The van der Waals surface area contributed by atoms with Crippen LogP contribution in [0.4, 0.5) is 4.39 Å². The molecule has 0 aromatic heterocycles. The third-order valence-electron chi connectivity index (χ3n) is 2.78. The normalized spacial score (nSPS) is 14.2. The molecule has 3 nitrogen and oxygen atoms in total. The van der Waals surface area contributed by atoms with Gasteiger partial charge in [0, 0.05) is 34.9 Å². The zero-order chi connectivity index (χ0) is 13.5. The molecule has 102 valence electrons. The Morgan fingerprint density at radius 2 is 2.22 bits per heavy atom. The fraction of sp³-hybridized carbons (Fsp3) is 0.538. The molecule has 5 heteroatoms. The van der Waals surface area contributed by atoms with E-state index in [1.165, 1.54) is 13.2 Å². The first-order valence-electron chi connectivity index (χ1n) is 6.00. The molecule has 0 aliphatic rings. The van der Waals surface area contributed by atoms with Crippen molar-refractivity contribution in [2.45, 2.75) is 19.9 Å². The molecule has 0 heterocycles. The predicted octanol–water partition coefficient (Wildman–Crippen LogP) is 2.25. The molecular formula is C13H20FNO2S. The molecule has 1 rings (SSSR count). The van der Waals surface area contributed by atoms with E-state index in [1.54, 1.807) is 12.1 Å². The molecule has 0 spiro atoms. The smallest absolute Gasteiger partial charge is 0.165 e. The van der Waals surface area contributed by atoms with Crippen LogP contribution in [0.25, 0.3) is 0 Å². The third kappa shape index (κ3) is 4.38. The van der Waals surface area contributed by atoms with Crippen LogP contribution in [0, 0.1) is 5.82 Å². The Morgan fingerprint density at radius 3 is 2.83 bits per heavy atom. The topological polar surface area (TPSA) is 38.3 Å². The molecule has 2 unspecified atom stereocenters. The van der Waals surface area contributed by atoms with Gasteiger partial charge in [-0.15, -0.1) is 0 Å². The Balaban J connectivity index is 2.56. The van der Waals surface area contributed by atoms with Gasteiger partial charge in [0.25, 0.3) is 0 Å². The van der Waals surface area contributed by atoms with Crippen molar-refractivity contribution in [3.8, 4) is 5.75 Å². The molecule has 0 aliphatic heterocycles. The van der Waals surface area contributed by atoms with Gasteiger partial charge in [0.1, 0.15) is 0 Å². The van der Waals surface area contributed by atoms with E-state index in [9.17, 15) is 8.60 Å². The molecule has 1 N–H and O–H groups in total. The molecule has 0 radical (unpaired) electrons. The number of nitrogens with one attached hydrogen (secondary N) is 1. The largest absolute Gasteiger partial charge is 0.494 e. The SMILES string of the molecule is CCS(=O)CCNC(C)c1ccc(F)c(OC)c1. The molecule has 0 fully saturated rings. The van der Waals surface area contributed by atoms with Crippen molar-refractivity contribution in [1.29, 1.82) is 0 Å².